The number of primary sulfonamides is 1. The number of carbonyl (C=O) groups excluding carboxylic acids is 1. The van der Waals surface area contributed by atoms with E-state index < -0.39 is 10.0 Å². The van der Waals surface area contributed by atoms with Crippen molar-refractivity contribution >= 4 is 22.0 Å². The van der Waals surface area contributed by atoms with Crippen LogP contribution in [0.3, 0.4) is 0 Å². The molecule has 0 atom stereocenters. The number of benzene rings is 3. The molecule has 178 valence electrons. The van der Waals surface area contributed by atoms with Gasteiger partial charge >= 0.3 is 0 Å². The molecular formula is C27H26N4O3S. The van der Waals surface area contributed by atoms with Gasteiger partial charge < -0.3 is 5.32 Å². The van der Waals surface area contributed by atoms with Crippen molar-refractivity contribution in [2.45, 2.75) is 18.2 Å². The summed E-state index contributed by atoms with van der Waals surface area (Å²) in [7, 11) is -3.71. The number of nitrogens with zero attached hydrogens (tertiary/aromatic N) is 2. The normalized spacial score (nSPS) is 11.6. The van der Waals surface area contributed by atoms with Gasteiger partial charge in [0.2, 0.25) is 15.9 Å². The van der Waals surface area contributed by atoms with Gasteiger partial charge in [0.15, 0.2) is 0 Å². The lowest BCUT2D eigenvalue weighted by Gasteiger charge is -2.04. The van der Waals surface area contributed by atoms with Crippen molar-refractivity contribution in [2.75, 3.05) is 6.54 Å². The molecule has 0 aliphatic heterocycles. The number of amides is 1. The molecule has 0 spiro atoms. The molecule has 0 fully saturated rings. The van der Waals surface area contributed by atoms with Crippen LogP contribution in [0, 0.1) is 6.92 Å². The first-order valence-corrected chi connectivity index (χ1v) is 12.6. The van der Waals surface area contributed by atoms with Crippen LogP contribution in [0.4, 0.5) is 0 Å². The first kappa shape index (κ1) is 24.1. The van der Waals surface area contributed by atoms with Crippen LogP contribution >= 0.6 is 0 Å². The maximum Gasteiger partial charge on any atom is 0.244 e. The zero-order chi connectivity index (χ0) is 24.8. The van der Waals surface area contributed by atoms with Crippen molar-refractivity contribution in [3.63, 3.8) is 0 Å². The van der Waals surface area contributed by atoms with Crippen molar-refractivity contribution in [1.82, 2.24) is 15.1 Å². The van der Waals surface area contributed by atoms with Crippen LogP contribution < -0.4 is 10.5 Å². The average molecular weight is 487 g/mol. The number of sulfonamides is 1. The molecule has 0 saturated carbocycles. The van der Waals surface area contributed by atoms with Gasteiger partial charge in [0.1, 0.15) is 0 Å². The highest BCUT2D eigenvalue weighted by molar-refractivity contribution is 7.89. The fourth-order valence-corrected chi connectivity index (χ4v) is 4.07. The lowest BCUT2D eigenvalue weighted by molar-refractivity contribution is -0.116. The Kier molecular flexibility index (Phi) is 7.24. The van der Waals surface area contributed by atoms with E-state index in [0.29, 0.717) is 13.0 Å². The number of carbonyl (C=O) groups is 1. The topological polar surface area (TPSA) is 107 Å². The van der Waals surface area contributed by atoms with E-state index in [4.69, 9.17) is 10.2 Å². The van der Waals surface area contributed by atoms with Crippen LogP contribution in [0.1, 0.15) is 16.7 Å². The Morgan fingerprint density at radius 2 is 1.69 bits per heavy atom. The van der Waals surface area contributed by atoms with Crippen LogP contribution in [0.25, 0.3) is 23.0 Å². The van der Waals surface area contributed by atoms with E-state index in [1.54, 1.807) is 22.9 Å². The number of para-hydroxylation sites is 1. The molecule has 0 unspecified atom stereocenters. The molecule has 4 aromatic rings. The molecule has 0 radical (unpaired) electrons. The first-order valence-electron chi connectivity index (χ1n) is 11.1. The maximum absolute atomic E-state index is 12.4. The van der Waals surface area contributed by atoms with E-state index in [2.05, 4.69) is 5.32 Å². The summed E-state index contributed by atoms with van der Waals surface area (Å²) < 4.78 is 24.5. The molecule has 0 saturated heterocycles. The van der Waals surface area contributed by atoms with Crippen molar-refractivity contribution in [2.24, 2.45) is 5.14 Å². The molecule has 4 rings (SSSR count). The van der Waals surface area contributed by atoms with Crippen LogP contribution in [0.15, 0.2) is 96.0 Å². The average Bonchev–Trinajstić information content (AvgIpc) is 3.28. The minimum absolute atomic E-state index is 0.0636. The van der Waals surface area contributed by atoms with Gasteiger partial charge in [0, 0.05) is 29.9 Å². The summed E-state index contributed by atoms with van der Waals surface area (Å²) in [5, 5.41) is 12.7. The minimum Gasteiger partial charge on any atom is -0.352 e. The van der Waals surface area contributed by atoms with E-state index >= 15 is 0 Å². The lowest BCUT2D eigenvalue weighted by atomic mass is 10.1. The molecule has 0 aliphatic rings. The SMILES string of the molecule is Cc1ccc(-c2nn(-c3ccccc3)cc2/C=C/C(=O)NCCc2ccc(S(N)(=O)=O)cc2)cc1. The summed E-state index contributed by atoms with van der Waals surface area (Å²) in [5.74, 6) is -0.228. The molecule has 8 heteroatoms. The van der Waals surface area contributed by atoms with E-state index in [9.17, 15) is 13.2 Å². The Morgan fingerprint density at radius 3 is 2.34 bits per heavy atom. The van der Waals surface area contributed by atoms with Gasteiger partial charge in [0.05, 0.1) is 16.3 Å². The summed E-state index contributed by atoms with van der Waals surface area (Å²) in [5.41, 5.74) is 5.56. The third-order valence-corrected chi connectivity index (χ3v) is 6.40. The van der Waals surface area contributed by atoms with Gasteiger partial charge in [-0.15, -0.1) is 0 Å². The molecular weight excluding hydrogens is 460 g/mol. The van der Waals surface area contributed by atoms with Crippen LogP contribution in [0.5, 0.6) is 0 Å². The van der Waals surface area contributed by atoms with Gasteiger partial charge in [0.25, 0.3) is 0 Å². The first-order chi connectivity index (χ1) is 16.8. The highest BCUT2D eigenvalue weighted by atomic mass is 32.2. The largest absolute Gasteiger partial charge is 0.352 e. The molecule has 0 bridgehead atoms. The van der Waals surface area contributed by atoms with E-state index in [0.717, 1.165) is 33.6 Å². The lowest BCUT2D eigenvalue weighted by Crippen LogP contribution is -2.23. The Bertz CT molecular complexity index is 1440. The Balaban J connectivity index is 1.45. The molecule has 3 aromatic carbocycles. The standard InChI is InChI=1S/C27H26N4O3S/c1-20-7-11-22(12-8-20)27-23(19-31(30-27)24-5-3-2-4-6-24)13-16-26(32)29-18-17-21-9-14-25(15-10-21)35(28,33)34/h2-16,19H,17-18H2,1H3,(H,29,32)(H2,28,33,34)/b16-13+. The quantitative estimate of drug-likeness (QED) is 0.369. The van der Waals surface area contributed by atoms with Crippen molar-refractivity contribution in [1.29, 1.82) is 0 Å². The summed E-state index contributed by atoms with van der Waals surface area (Å²) in [6.07, 6.45) is 5.72. The summed E-state index contributed by atoms with van der Waals surface area (Å²) in [6, 6.07) is 24.2. The van der Waals surface area contributed by atoms with Gasteiger partial charge in [-0.05, 0) is 49.2 Å². The van der Waals surface area contributed by atoms with Crippen LogP contribution in [0.2, 0.25) is 0 Å². The third kappa shape index (κ3) is 6.32. The number of aryl methyl sites for hydroxylation is 1. The zero-order valence-corrected chi connectivity index (χ0v) is 20.1. The predicted molar refractivity (Wildman–Crippen MR) is 137 cm³/mol. The van der Waals surface area contributed by atoms with Gasteiger partial charge in [-0.3, -0.25) is 4.79 Å². The second-order valence-electron chi connectivity index (χ2n) is 8.14. The number of nitrogens with two attached hydrogens (primary N) is 1. The monoisotopic (exact) mass is 486 g/mol. The minimum atomic E-state index is -3.71. The van der Waals surface area contributed by atoms with Gasteiger partial charge in [-0.2, -0.15) is 5.10 Å². The van der Waals surface area contributed by atoms with Crippen molar-refractivity contribution in [3.05, 3.63) is 108 Å². The van der Waals surface area contributed by atoms with Crippen LogP contribution in [-0.2, 0) is 21.2 Å². The number of hydrogen-bond acceptors (Lipinski definition) is 4. The zero-order valence-electron chi connectivity index (χ0n) is 19.3. The van der Waals surface area contributed by atoms with Crippen LogP contribution in [-0.4, -0.2) is 30.7 Å². The molecule has 0 aliphatic carbocycles. The second-order valence-corrected chi connectivity index (χ2v) is 9.70. The summed E-state index contributed by atoms with van der Waals surface area (Å²) in [6.45, 7) is 2.44. The highest BCUT2D eigenvalue weighted by Gasteiger charge is 2.11. The molecule has 1 aromatic heterocycles. The smallest absolute Gasteiger partial charge is 0.244 e. The summed E-state index contributed by atoms with van der Waals surface area (Å²) in [4.78, 5) is 12.5. The number of hydrogen-bond donors (Lipinski definition) is 2. The summed E-state index contributed by atoms with van der Waals surface area (Å²) >= 11 is 0. The fourth-order valence-electron chi connectivity index (χ4n) is 3.56. The van der Waals surface area contributed by atoms with Gasteiger partial charge in [-0.25, -0.2) is 18.2 Å². The van der Waals surface area contributed by atoms with E-state index in [-0.39, 0.29) is 10.8 Å². The maximum atomic E-state index is 12.4. The molecule has 1 heterocycles. The fraction of sp³-hybridized carbons (Fsp3) is 0.111. The van der Waals surface area contributed by atoms with Gasteiger partial charge in [-0.1, -0.05) is 60.2 Å². The Hall–Kier alpha value is -4.01. The Labute approximate surface area is 205 Å². The van der Waals surface area contributed by atoms with E-state index in [1.165, 1.54) is 18.2 Å². The number of aromatic nitrogens is 2. The predicted octanol–water partition coefficient (Wildman–Crippen LogP) is 3.87. The van der Waals surface area contributed by atoms with Crippen molar-refractivity contribution in [3.8, 4) is 16.9 Å². The molecule has 3 N–H and O–H groups in total. The number of nitrogens with one attached hydrogen (secondary N) is 1. The Morgan fingerprint density at radius 1 is 1.00 bits per heavy atom. The highest BCUT2D eigenvalue weighted by Crippen LogP contribution is 2.25. The molecule has 1 amide bonds. The van der Waals surface area contributed by atoms with Crippen molar-refractivity contribution < 1.29 is 13.2 Å². The third-order valence-electron chi connectivity index (χ3n) is 5.47. The molecule has 35 heavy (non-hydrogen) atoms. The number of rotatable bonds is 8. The molecule has 7 nitrogen and oxygen atoms in total. The van der Waals surface area contributed by atoms with E-state index in [1.807, 2.05) is 67.7 Å². The second kappa shape index (κ2) is 10.5.